The van der Waals surface area contributed by atoms with Gasteiger partial charge in [0, 0.05) is 5.69 Å². The average molecular weight is 204 g/mol. The molecule has 0 saturated heterocycles. The summed E-state index contributed by atoms with van der Waals surface area (Å²) >= 11 is 0. The van der Waals surface area contributed by atoms with Crippen molar-refractivity contribution in [2.24, 2.45) is 0 Å². The molecule has 0 aliphatic heterocycles. The maximum atomic E-state index is 11.1. The number of rotatable bonds is 4. The molecular weight excluding hydrogens is 192 g/mol. The minimum absolute atomic E-state index is 0.158. The SMILES string of the molecule is CCOS(=O)(=O)Cc1cc(C)[nH]n1. The van der Waals surface area contributed by atoms with Gasteiger partial charge < -0.3 is 0 Å². The number of hydrogen-bond donors (Lipinski definition) is 1. The third kappa shape index (κ3) is 3.16. The van der Waals surface area contributed by atoms with E-state index in [2.05, 4.69) is 14.4 Å². The van der Waals surface area contributed by atoms with E-state index in [0.29, 0.717) is 5.69 Å². The van der Waals surface area contributed by atoms with Crippen LogP contribution in [0.3, 0.4) is 0 Å². The summed E-state index contributed by atoms with van der Waals surface area (Å²) in [6.07, 6.45) is 0. The van der Waals surface area contributed by atoms with E-state index in [1.54, 1.807) is 13.0 Å². The zero-order chi connectivity index (χ0) is 9.90. The van der Waals surface area contributed by atoms with E-state index >= 15 is 0 Å². The molecule has 13 heavy (non-hydrogen) atoms. The molecule has 5 nitrogen and oxygen atoms in total. The van der Waals surface area contributed by atoms with Crippen molar-refractivity contribution in [2.75, 3.05) is 6.61 Å². The van der Waals surface area contributed by atoms with E-state index in [1.165, 1.54) is 0 Å². The van der Waals surface area contributed by atoms with Crippen molar-refractivity contribution in [3.63, 3.8) is 0 Å². The van der Waals surface area contributed by atoms with E-state index < -0.39 is 10.1 Å². The first kappa shape index (κ1) is 10.2. The molecule has 6 heteroatoms. The number of aryl methyl sites for hydroxylation is 1. The topological polar surface area (TPSA) is 72.1 Å². The highest BCUT2D eigenvalue weighted by Crippen LogP contribution is 2.05. The van der Waals surface area contributed by atoms with Crippen molar-refractivity contribution >= 4 is 10.1 Å². The Balaban J connectivity index is 2.69. The lowest BCUT2D eigenvalue weighted by atomic mass is 10.4. The fourth-order valence-electron chi connectivity index (χ4n) is 0.951. The Labute approximate surface area is 77.2 Å². The van der Waals surface area contributed by atoms with E-state index in [-0.39, 0.29) is 12.4 Å². The minimum Gasteiger partial charge on any atom is -0.283 e. The highest BCUT2D eigenvalue weighted by atomic mass is 32.2. The molecular formula is C7H12N2O3S. The van der Waals surface area contributed by atoms with Crippen molar-refractivity contribution in [2.45, 2.75) is 19.6 Å². The van der Waals surface area contributed by atoms with Crippen molar-refractivity contribution in [3.8, 4) is 0 Å². The molecule has 0 atom stereocenters. The molecule has 0 saturated carbocycles. The van der Waals surface area contributed by atoms with Gasteiger partial charge in [-0.2, -0.15) is 13.5 Å². The van der Waals surface area contributed by atoms with Crippen LogP contribution in [0.1, 0.15) is 18.3 Å². The Hall–Kier alpha value is -0.880. The van der Waals surface area contributed by atoms with Gasteiger partial charge in [0.05, 0.1) is 12.3 Å². The third-order valence-corrected chi connectivity index (χ3v) is 2.63. The van der Waals surface area contributed by atoms with Gasteiger partial charge in [-0.05, 0) is 19.9 Å². The fourth-order valence-corrected chi connectivity index (χ4v) is 1.90. The molecule has 0 aliphatic rings. The highest BCUT2D eigenvalue weighted by molar-refractivity contribution is 7.85. The Morgan fingerprint density at radius 2 is 2.31 bits per heavy atom. The lowest BCUT2D eigenvalue weighted by Gasteiger charge is -1.99. The summed E-state index contributed by atoms with van der Waals surface area (Å²) in [6.45, 7) is 3.60. The summed E-state index contributed by atoms with van der Waals surface area (Å²) < 4.78 is 26.8. The predicted octanol–water partition coefficient (Wildman–Crippen LogP) is 0.584. The molecule has 0 fully saturated rings. The van der Waals surface area contributed by atoms with Crippen molar-refractivity contribution in [3.05, 3.63) is 17.5 Å². The van der Waals surface area contributed by atoms with Gasteiger partial charge in [-0.15, -0.1) is 0 Å². The van der Waals surface area contributed by atoms with Crippen LogP contribution in [-0.4, -0.2) is 25.2 Å². The Bertz CT molecular complexity index is 369. The molecule has 0 bridgehead atoms. The standard InChI is InChI=1S/C7H12N2O3S/c1-3-12-13(10,11)5-7-4-6(2)8-9-7/h4H,3,5H2,1-2H3,(H,8,9). The summed E-state index contributed by atoms with van der Waals surface area (Å²) in [5, 5.41) is 6.46. The van der Waals surface area contributed by atoms with Gasteiger partial charge in [0.2, 0.25) is 0 Å². The number of nitrogens with one attached hydrogen (secondary N) is 1. The maximum Gasteiger partial charge on any atom is 0.273 e. The van der Waals surface area contributed by atoms with E-state index in [0.717, 1.165) is 5.69 Å². The van der Waals surface area contributed by atoms with Crippen LogP contribution in [-0.2, 0) is 20.1 Å². The molecule has 0 unspecified atom stereocenters. The van der Waals surface area contributed by atoms with Gasteiger partial charge in [0.25, 0.3) is 10.1 Å². The van der Waals surface area contributed by atoms with Gasteiger partial charge >= 0.3 is 0 Å². The van der Waals surface area contributed by atoms with E-state index in [4.69, 9.17) is 0 Å². The van der Waals surface area contributed by atoms with Gasteiger partial charge in [-0.1, -0.05) is 0 Å². The summed E-state index contributed by atoms with van der Waals surface area (Å²) in [5.41, 5.74) is 1.31. The second kappa shape index (κ2) is 3.89. The van der Waals surface area contributed by atoms with Gasteiger partial charge in [-0.25, -0.2) is 0 Å². The first-order chi connectivity index (χ1) is 6.03. The van der Waals surface area contributed by atoms with Crippen LogP contribution in [0.2, 0.25) is 0 Å². The number of nitrogens with zero attached hydrogens (tertiary/aromatic N) is 1. The van der Waals surface area contributed by atoms with Crippen molar-refractivity contribution in [1.82, 2.24) is 10.2 Å². The molecule has 1 rings (SSSR count). The summed E-state index contributed by atoms with van der Waals surface area (Å²) in [6, 6.07) is 1.68. The summed E-state index contributed by atoms with van der Waals surface area (Å²) in [4.78, 5) is 0. The third-order valence-electron chi connectivity index (χ3n) is 1.38. The molecule has 74 valence electrons. The van der Waals surface area contributed by atoms with Crippen molar-refractivity contribution < 1.29 is 12.6 Å². The Morgan fingerprint density at radius 1 is 1.62 bits per heavy atom. The maximum absolute atomic E-state index is 11.1. The monoisotopic (exact) mass is 204 g/mol. The lowest BCUT2D eigenvalue weighted by Crippen LogP contribution is -2.08. The highest BCUT2D eigenvalue weighted by Gasteiger charge is 2.13. The average Bonchev–Trinajstić information content (AvgIpc) is 2.34. The second-order valence-corrected chi connectivity index (χ2v) is 4.29. The Morgan fingerprint density at radius 3 is 2.77 bits per heavy atom. The van der Waals surface area contributed by atoms with Gasteiger partial charge in [0.1, 0.15) is 5.75 Å². The van der Waals surface area contributed by atoms with Crippen LogP contribution in [0.5, 0.6) is 0 Å². The predicted molar refractivity (Wildman–Crippen MR) is 47.6 cm³/mol. The van der Waals surface area contributed by atoms with Gasteiger partial charge in [-0.3, -0.25) is 9.28 Å². The quantitative estimate of drug-likeness (QED) is 0.728. The fraction of sp³-hybridized carbons (Fsp3) is 0.571. The first-order valence-electron chi connectivity index (χ1n) is 3.91. The molecule has 0 aliphatic carbocycles. The molecule has 0 radical (unpaired) electrons. The second-order valence-electron chi connectivity index (χ2n) is 2.65. The summed E-state index contributed by atoms with van der Waals surface area (Å²) in [5.74, 6) is -0.175. The van der Waals surface area contributed by atoms with Crippen LogP contribution in [0.25, 0.3) is 0 Å². The minimum atomic E-state index is -3.45. The molecule has 1 N–H and O–H groups in total. The molecule has 1 heterocycles. The molecule has 1 aromatic heterocycles. The number of H-pyrrole nitrogens is 1. The van der Waals surface area contributed by atoms with Crippen LogP contribution < -0.4 is 0 Å². The molecule has 1 aromatic rings. The first-order valence-corrected chi connectivity index (χ1v) is 5.49. The number of hydrogen-bond acceptors (Lipinski definition) is 4. The van der Waals surface area contributed by atoms with Crippen LogP contribution in [0.15, 0.2) is 6.07 Å². The van der Waals surface area contributed by atoms with Crippen LogP contribution in [0, 0.1) is 6.92 Å². The zero-order valence-corrected chi connectivity index (χ0v) is 8.39. The Kier molecular flexibility index (Phi) is 3.05. The zero-order valence-electron chi connectivity index (χ0n) is 7.57. The lowest BCUT2D eigenvalue weighted by molar-refractivity contribution is 0.337. The molecule has 0 spiro atoms. The van der Waals surface area contributed by atoms with E-state index in [1.807, 2.05) is 6.92 Å². The number of aromatic nitrogens is 2. The number of aromatic amines is 1. The van der Waals surface area contributed by atoms with E-state index in [9.17, 15) is 8.42 Å². The summed E-state index contributed by atoms with van der Waals surface area (Å²) in [7, 11) is -3.45. The molecule has 0 amide bonds. The largest absolute Gasteiger partial charge is 0.283 e. The van der Waals surface area contributed by atoms with Crippen LogP contribution >= 0.6 is 0 Å². The van der Waals surface area contributed by atoms with Crippen LogP contribution in [0.4, 0.5) is 0 Å². The normalized spacial score (nSPS) is 11.8. The van der Waals surface area contributed by atoms with Gasteiger partial charge in [0.15, 0.2) is 0 Å². The smallest absolute Gasteiger partial charge is 0.273 e. The molecule has 0 aromatic carbocycles. The van der Waals surface area contributed by atoms with Crippen molar-refractivity contribution in [1.29, 1.82) is 0 Å².